The van der Waals surface area contributed by atoms with Crippen LogP contribution < -0.4 is 0 Å². The largest absolute Gasteiger partial charge is 0.236 e. The molecule has 0 aromatic carbocycles. The fourth-order valence-electron chi connectivity index (χ4n) is 0.973. The van der Waals surface area contributed by atoms with E-state index in [1.54, 1.807) is 0 Å². The van der Waals surface area contributed by atoms with Gasteiger partial charge in [0, 0.05) is 0 Å². The van der Waals surface area contributed by atoms with Gasteiger partial charge in [0.05, 0.1) is 5.25 Å². The van der Waals surface area contributed by atoms with Gasteiger partial charge in [-0.05, 0) is 18.6 Å². The predicted molar refractivity (Wildman–Crippen MR) is 31.4 cm³/mol. The van der Waals surface area contributed by atoms with Crippen LogP contribution in [0.1, 0.15) is 12.8 Å². The highest BCUT2D eigenvalue weighted by atomic mass is 32.2. The lowest BCUT2D eigenvalue weighted by Crippen LogP contribution is -2.03. The molecule has 2 saturated heterocycles. The van der Waals surface area contributed by atoms with Gasteiger partial charge in [-0.25, -0.2) is 0 Å². The molecule has 3 heteroatoms. The molecule has 0 amide bonds. The monoisotopic (exact) mass is 132 g/mol. The third-order valence-electron chi connectivity index (χ3n) is 1.48. The molecule has 2 aliphatic heterocycles. The first-order valence-corrected chi connectivity index (χ1v) is 3.95. The second kappa shape index (κ2) is 1.90. The Morgan fingerprint density at radius 1 is 1.38 bits per heavy atom. The van der Waals surface area contributed by atoms with Crippen molar-refractivity contribution in [3.63, 3.8) is 0 Å². The zero-order chi connectivity index (χ0) is 5.40. The van der Waals surface area contributed by atoms with Gasteiger partial charge in [-0.2, -0.15) is 21.5 Å². The molecular formula is C5H8O2S. The molecule has 0 radical (unpaired) electrons. The van der Waals surface area contributed by atoms with Crippen molar-refractivity contribution < 1.29 is 9.78 Å². The van der Waals surface area contributed by atoms with Crippen LogP contribution in [-0.4, -0.2) is 17.3 Å². The van der Waals surface area contributed by atoms with Crippen LogP contribution in [-0.2, 0) is 9.78 Å². The molecule has 0 aromatic rings. The number of thioether (sulfide) groups is 1. The van der Waals surface area contributed by atoms with Crippen LogP contribution in [0.4, 0.5) is 0 Å². The minimum atomic E-state index is 0.155. The van der Waals surface area contributed by atoms with Crippen molar-refractivity contribution in [3.8, 4) is 0 Å². The second-order valence-electron chi connectivity index (χ2n) is 2.11. The third kappa shape index (κ3) is 0.855. The van der Waals surface area contributed by atoms with Gasteiger partial charge in [0.25, 0.3) is 0 Å². The molecule has 8 heavy (non-hydrogen) atoms. The number of hydrogen-bond donors (Lipinski definition) is 0. The zero-order valence-corrected chi connectivity index (χ0v) is 5.32. The Hall–Kier alpha value is 0.270. The van der Waals surface area contributed by atoms with E-state index in [1.807, 2.05) is 11.8 Å². The minimum Gasteiger partial charge on any atom is -0.197 e. The van der Waals surface area contributed by atoms with Crippen LogP contribution in [0, 0.1) is 0 Å². The van der Waals surface area contributed by atoms with Gasteiger partial charge in [-0.1, -0.05) is 0 Å². The fourth-order valence-corrected chi connectivity index (χ4v) is 2.19. The molecular weight excluding hydrogens is 124 g/mol. The second-order valence-corrected chi connectivity index (χ2v) is 3.46. The van der Waals surface area contributed by atoms with E-state index in [2.05, 4.69) is 9.78 Å². The Labute approximate surface area is 52.5 Å². The number of hydrogen-bond acceptors (Lipinski definition) is 3. The minimum absolute atomic E-state index is 0.155. The van der Waals surface area contributed by atoms with E-state index in [4.69, 9.17) is 0 Å². The molecule has 1 atom stereocenters. The summed E-state index contributed by atoms with van der Waals surface area (Å²) in [5, 5.41) is 0.648. The number of rotatable bonds is 1. The third-order valence-corrected chi connectivity index (χ3v) is 2.89. The summed E-state index contributed by atoms with van der Waals surface area (Å²) in [5.41, 5.74) is 0. The predicted octanol–water partition coefficient (Wildman–Crippen LogP) is 1.17. The zero-order valence-electron chi connectivity index (χ0n) is 4.50. The Morgan fingerprint density at radius 2 is 2.25 bits per heavy atom. The summed E-state index contributed by atoms with van der Waals surface area (Å²) < 4.78 is 0. The Kier molecular flexibility index (Phi) is 1.21. The van der Waals surface area contributed by atoms with E-state index >= 15 is 0 Å². The molecule has 0 spiro atoms. The summed E-state index contributed by atoms with van der Waals surface area (Å²) in [6.07, 6.45) is 2.76. The van der Waals surface area contributed by atoms with Crippen molar-refractivity contribution in [3.05, 3.63) is 0 Å². The van der Waals surface area contributed by atoms with Gasteiger partial charge >= 0.3 is 0 Å². The van der Waals surface area contributed by atoms with Crippen LogP contribution in [0.25, 0.3) is 0 Å². The van der Waals surface area contributed by atoms with Crippen molar-refractivity contribution >= 4 is 11.8 Å². The van der Waals surface area contributed by atoms with Crippen LogP contribution in [0.15, 0.2) is 0 Å². The van der Waals surface area contributed by atoms with Gasteiger partial charge in [-0.3, -0.25) is 0 Å². The lowest BCUT2D eigenvalue weighted by molar-refractivity contribution is 0.0850. The first-order chi connectivity index (χ1) is 3.97. The summed E-state index contributed by atoms with van der Waals surface area (Å²) in [7, 11) is 0. The van der Waals surface area contributed by atoms with Gasteiger partial charge in [0.15, 0.2) is 0 Å². The molecule has 0 aromatic heterocycles. The van der Waals surface area contributed by atoms with Crippen LogP contribution in [0.3, 0.4) is 0 Å². The van der Waals surface area contributed by atoms with E-state index < -0.39 is 0 Å². The smallest absolute Gasteiger partial charge is 0.197 e. The standard InChI is InChI=1S/C5H8O2S/c1-2-4(8-3-1)5-6-7-5/h4-5H,1-3H2. The Morgan fingerprint density at radius 3 is 2.75 bits per heavy atom. The average molecular weight is 132 g/mol. The van der Waals surface area contributed by atoms with Crippen molar-refractivity contribution in [1.29, 1.82) is 0 Å². The highest BCUT2D eigenvalue weighted by molar-refractivity contribution is 8.00. The molecule has 1 unspecified atom stereocenters. The molecule has 0 aliphatic carbocycles. The summed E-state index contributed by atoms with van der Waals surface area (Å²) in [6.45, 7) is 0. The summed E-state index contributed by atoms with van der Waals surface area (Å²) >= 11 is 1.96. The maximum absolute atomic E-state index is 4.67. The molecule has 0 bridgehead atoms. The molecule has 0 saturated carbocycles. The van der Waals surface area contributed by atoms with Crippen molar-refractivity contribution in [1.82, 2.24) is 0 Å². The Bertz CT molecular complexity index is 86.4. The molecule has 2 nitrogen and oxygen atoms in total. The van der Waals surface area contributed by atoms with Crippen LogP contribution in [0.2, 0.25) is 0 Å². The molecule has 2 fully saturated rings. The maximum Gasteiger partial charge on any atom is 0.236 e. The van der Waals surface area contributed by atoms with Crippen molar-refractivity contribution in [2.24, 2.45) is 0 Å². The highest BCUT2D eigenvalue weighted by Crippen LogP contribution is 2.35. The van der Waals surface area contributed by atoms with Gasteiger partial charge < -0.3 is 0 Å². The summed E-state index contributed by atoms with van der Waals surface area (Å²) in [4.78, 5) is 9.34. The van der Waals surface area contributed by atoms with Crippen molar-refractivity contribution in [2.45, 2.75) is 24.4 Å². The fraction of sp³-hybridized carbons (Fsp3) is 1.00. The molecule has 46 valence electrons. The Balaban J connectivity index is 1.86. The topological polar surface area (TPSA) is 25.1 Å². The van der Waals surface area contributed by atoms with Gasteiger partial charge in [0.2, 0.25) is 6.29 Å². The van der Waals surface area contributed by atoms with Gasteiger partial charge in [-0.15, -0.1) is 0 Å². The van der Waals surface area contributed by atoms with E-state index in [0.717, 1.165) is 0 Å². The van der Waals surface area contributed by atoms with E-state index in [-0.39, 0.29) is 6.29 Å². The molecule has 2 heterocycles. The molecule has 2 rings (SSSR count). The van der Waals surface area contributed by atoms with Crippen molar-refractivity contribution in [2.75, 3.05) is 5.75 Å². The van der Waals surface area contributed by atoms with Gasteiger partial charge in [0.1, 0.15) is 0 Å². The van der Waals surface area contributed by atoms with E-state index in [1.165, 1.54) is 18.6 Å². The van der Waals surface area contributed by atoms with Crippen LogP contribution in [0.5, 0.6) is 0 Å². The lowest BCUT2D eigenvalue weighted by atomic mass is 10.2. The van der Waals surface area contributed by atoms with E-state index in [0.29, 0.717) is 5.25 Å². The summed E-state index contributed by atoms with van der Waals surface area (Å²) in [5.74, 6) is 1.29. The van der Waals surface area contributed by atoms with Crippen LogP contribution >= 0.6 is 11.8 Å². The van der Waals surface area contributed by atoms with E-state index in [9.17, 15) is 0 Å². The first-order valence-electron chi connectivity index (χ1n) is 2.90. The summed E-state index contributed by atoms with van der Waals surface area (Å²) in [6, 6.07) is 0. The SMILES string of the molecule is C1CSC(C2OO2)C1. The lowest BCUT2D eigenvalue weighted by Gasteiger charge is -1.95. The average Bonchev–Trinajstić information content (AvgIpc) is 2.49. The first kappa shape index (κ1) is 5.09. The highest BCUT2D eigenvalue weighted by Gasteiger charge is 2.37. The molecule has 0 N–H and O–H groups in total. The quantitative estimate of drug-likeness (QED) is 0.395. The normalized spacial score (nSPS) is 38.2. The maximum atomic E-state index is 4.67. The molecule has 2 aliphatic rings.